The maximum absolute atomic E-state index is 12.0. The van der Waals surface area contributed by atoms with E-state index in [0.717, 1.165) is 0 Å². The second-order valence-corrected chi connectivity index (χ2v) is 4.63. The van der Waals surface area contributed by atoms with Gasteiger partial charge in [-0.25, -0.2) is 9.59 Å². The number of urea groups is 1. The van der Waals surface area contributed by atoms with Crippen molar-refractivity contribution in [3.05, 3.63) is 35.4 Å². The second-order valence-electron chi connectivity index (χ2n) is 4.63. The Balaban J connectivity index is 1.95. The van der Waals surface area contributed by atoms with Crippen LogP contribution in [0.4, 0.5) is 4.79 Å². The highest BCUT2D eigenvalue weighted by Crippen LogP contribution is 2.10. The number of benzene rings is 1. The molecule has 0 spiro atoms. The molecule has 1 saturated heterocycles. The average molecular weight is 277 g/mol. The number of aromatic carboxylic acids is 1. The summed E-state index contributed by atoms with van der Waals surface area (Å²) in [4.78, 5) is 35.1. The quantitative estimate of drug-likeness (QED) is 0.735. The van der Waals surface area contributed by atoms with Gasteiger partial charge < -0.3 is 21.1 Å². The fourth-order valence-electron chi connectivity index (χ4n) is 2.11. The minimum atomic E-state index is -1.04. The summed E-state index contributed by atoms with van der Waals surface area (Å²) in [6.07, 6.45) is 0.655. The molecular formula is C13H15N3O4. The van der Waals surface area contributed by atoms with Gasteiger partial charge in [0.1, 0.15) is 0 Å². The molecule has 1 fully saturated rings. The summed E-state index contributed by atoms with van der Waals surface area (Å²) < 4.78 is 0. The number of carbonyl (C=O) groups excluding carboxylic acids is 2. The highest BCUT2D eigenvalue weighted by Gasteiger charge is 2.26. The van der Waals surface area contributed by atoms with E-state index in [1.807, 2.05) is 0 Å². The SMILES string of the molecule is NC(=O)N1CCC(NC(=O)c2ccc(C(=O)O)cc2)C1. The van der Waals surface area contributed by atoms with Gasteiger partial charge in [0, 0.05) is 24.7 Å². The standard InChI is InChI=1S/C13H15N3O4/c14-13(20)16-6-5-10(7-16)15-11(17)8-1-3-9(4-2-8)12(18)19/h1-4,10H,5-7H2,(H2,14,20)(H,15,17)(H,18,19). The van der Waals surface area contributed by atoms with Crippen molar-refractivity contribution in [2.24, 2.45) is 5.73 Å². The van der Waals surface area contributed by atoms with Crippen LogP contribution in [0.15, 0.2) is 24.3 Å². The van der Waals surface area contributed by atoms with Crippen LogP contribution in [0.3, 0.4) is 0 Å². The predicted octanol–water partition coefficient (Wildman–Crippen LogP) is 0.268. The molecule has 0 aliphatic carbocycles. The van der Waals surface area contributed by atoms with Gasteiger partial charge in [0.05, 0.1) is 5.56 Å². The Hall–Kier alpha value is -2.57. The molecule has 1 aromatic rings. The fourth-order valence-corrected chi connectivity index (χ4v) is 2.11. The average Bonchev–Trinajstić information content (AvgIpc) is 2.87. The third-order valence-corrected chi connectivity index (χ3v) is 3.23. The number of nitrogens with zero attached hydrogens (tertiary/aromatic N) is 1. The molecule has 0 aromatic heterocycles. The van der Waals surface area contributed by atoms with Crippen LogP contribution in [-0.2, 0) is 0 Å². The summed E-state index contributed by atoms with van der Waals surface area (Å²) in [5.41, 5.74) is 5.67. The highest BCUT2D eigenvalue weighted by atomic mass is 16.4. The molecule has 106 valence electrons. The van der Waals surface area contributed by atoms with Gasteiger partial charge in [-0.05, 0) is 30.7 Å². The number of carboxylic acids is 1. The lowest BCUT2D eigenvalue weighted by Crippen LogP contribution is -2.40. The van der Waals surface area contributed by atoms with E-state index in [1.165, 1.54) is 29.2 Å². The van der Waals surface area contributed by atoms with Crippen LogP contribution in [0.2, 0.25) is 0 Å². The molecular weight excluding hydrogens is 262 g/mol. The Morgan fingerprint density at radius 3 is 2.30 bits per heavy atom. The van der Waals surface area contributed by atoms with Crippen molar-refractivity contribution < 1.29 is 19.5 Å². The van der Waals surface area contributed by atoms with Crippen LogP contribution in [0.25, 0.3) is 0 Å². The smallest absolute Gasteiger partial charge is 0.335 e. The van der Waals surface area contributed by atoms with Crippen molar-refractivity contribution in [2.45, 2.75) is 12.5 Å². The topological polar surface area (TPSA) is 113 Å². The largest absolute Gasteiger partial charge is 0.478 e. The fraction of sp³-hybridized carbons (Fsp3) is 0.308. The monoisotopic (exact) mass is 277 g/mol. The Bertz CT molecular complexity index is 541. The molecule has 2 rings (SSSR count). The van der Waals surface area contributed by atoms with E-state index in [1.54, 1.807) is 0 Å². The minimum Gasteiger partial charge on any atom is -0.478 e. The number of hydrogen-bond donors (Lipinski definition) is 3. The van der Waals surface area contributed by atoms with Gasteiger partial charge in [-0.3, -0.25) is 4.79 Å². The number of carbonyl (C=O) groups is 3. The van der Waals surface area contributed by atoms with Gasteiger partial charge in [0.15, 0.2) is 0 Å². The van der Waals surface area contributed by atoms with E-state index >= 15 is 0 Å². The Morgan fingerprint density at radius 1 is 1.20 bits per heavy atom. The predicted molar refractivity (Wildman–Crippen MR) is 70.4 cm³/mol. The molecule has 1 unspecified atom stereocenters. The third-order valence-electron chi connectivity index (χ3n) is 3.23. The van der Waals surface area contributed by atoms with Crippen LogP contribution in [0, 0.1) is 0 Å². The van der Waals surface area contributed by atoms with Gasteiger partial charge in [0.25, 0.3) is 5.91 Å². The molecule has 1 aliphatic heterocycles. The van der Waals surface area contributed by atoms with Gasteiger partial charge in [-0.1, -0.05) is 0 Å². The number of amides is 3. The van der Waals surface area contributed by atoms with E-state index in [0.29, 0.717) is 25.1 Å². The van der Waals surface area contributed by atoms with Crippen LogP contribution < -0.4 is 11.1 Å². The molecule has 1 aliphatic rings. The second kappa shape index (κ2) is 5.60. The van der Waals surface area contributed by atoms with Gasteiger partial charge >= 0.3 is 12.0 Å². The maximum atomic E-state index is 12.0. The lowest BCUT2D eigenvalue weighted by atomic mass is 10.1. The van der Waals surface area contributed by atoms with Crippen molar-refractivity contribution in [3.8, 4) is 0 Å². The number of nitrogens with one attached hydrogen (secondary N) is 1. The number of hydrogen-bond acceptors (Lipinski definition) is 3. The van der Waals surface area contributed by atoms with E-state index in [-0.39, 0.29) is 17.5 Å². The summed E-state index contributed by atoms with van der Waals surface area (Å²) in [7, 11) is 0. The number of rotatable bonds is 3. The van der Waals surface area contributed by atoms with Crippen LogP contribution >= 0.6 is 0 Å². The van der Waals surface area contributed by atoms with Crippen molar-refractivity contribution in [1.29, 1.82) is 0 Å². The Morgan fingerprint density at radius 2 is 1.80 bits per heavy atom. The molecule has 7 heteroatoms. The zero-order valence-corrected chi connectivity index (χ0v) is 10.7. The van der Waals surface area contributed by atoms with Crippen LogP contribution in [0.1, 0.15) is 27.1 Å². The maximum Gasteiger partial charge on any atom is 0.335 e. The first kappa shape index (κ1) is 13.9. The Labute approximate surface area is 115 Å². The molecule has 1 heterocycles. The van der Waals surface area contributed by atoms with Gasteiger partial charge in [-0.15, -0.1) is 0 Å². The van der Waals surface area contributed by atoms with E-state index < -0.39 is 12.0 Å². The van der Waals surface area contributed by atoms with Gasteiger partial charge in [0.2, 0.25) is 0 Å². The summed E-state index contributed by atoms with van der Waals surface area (Å²) in [6, 6.07) is 5.05. The molecule has 0 saturated carbocycles. The number of carboxylic acid groups (broad SMARTS) is 1. The van der Waals surface area contributed by atoms with Crippen LogP contribution in [-0.4, -0.2) is 47.0 Å². The lowest BCUT2D eigenvalue weighted by Gasteiger charge is -2.14. The summed E-state index contributed by atoms with van der Waals surface area (Å²) in [6.45, 7) is 0.923. The Kier molecular flexibility index (Phi) is 3.88. The molecule has 1 aromatic carbocycles. The van der Waals surface area contributed by atoms with Crippen molar-refractivity contribution >= 4 is 17.9 Å². The summed E-state index contributed by atoms with van der Waals surface area (Å²) in [5, 5.41) is 11.6. The summed E-state index contributed by atoms with van der Waals surface area (Å²) >= 11 is 0. The molecule has 0 bridgehead atoms. The van der Waals surface area contributed by atoms with Crippen molar-refractivity contribution in [1.82, 2.24) is 10.2 Å². The number of primary amides is 1. The number of likely N-dealkylation sites (tertiary alicyclic amines) is 1. The number of nitrogens with two attached hydrogens (primary N) is 1. The third kappa shape index (κ3) is 3.05. The molecule has 7 nitrogen and oxygen atoms in total. The highest BCUT2D eigenvalue weighted by molar-refractivity contribution is 5.96. The molecule has 20 heavy (non-hydrogen) atoms. The van der Waals surface area contributed by atoms with E-state index in [2.05, 4.69) is 5.32 Å². The minimum absolute atomic E-state index is 0.127. The molecule has 0 radical (unpaired) electrons. The first-order valence-electron chi connectivity index (χ1n) is 6.16. The molecule has 3 amide bonds. The first-order valence-corrected chi connectivity index (χ1v) is 6.16. The van der Waals surface area contributed by atoms with Gasteiger partial charge in [-0.2, -0.15) is 0 Å². The normalized spacial score (nSPS) is 17.8. The first-order chi connectivity index (χ1) is 9.47. The zero-order chi connectivity index (χ0) is 14.7. The van der Waals surface area contributed by atoms with Crippen molar-refractivity contribution in [3.63, 3.8) is 0 Å². The molecule has 1 atom stereocenters. The lowest BCUT2D eigenvalue weighted by molar-refractivity contribution is 0.0696. The van der Waals surface area contributed by atoms with Crippen LogP contribution in [0.5, 0.6) is 0 Å². The van der Waals surface area contributed by atoms with Crippen molar-refractivity contribution in [2.75, 3.05) is 13.1 Å². The summed E-state index contributed by atoms with van der Waals surface area (Å²) in [5.74, 6) is -1.33. The zero-order valence-electron chi connectivity index (χ0n) is 10.7. The van der Waals surface area contributed by atoms with E-state index in [9.17, 15) is 14.4 Å². The van der Waals surface area contributed by atoms with E-state index in [4.69, 9.17) is 10.8 Å². The molecule has 4 N–H and O–H groups in total.